The molecule has 0 spiro atoms. The van der Waals surface area contributed by atoms with Crippen LogP contribution in [0, 0.1) is 30.3 Å². The van der Waals surface area contributed by atoms with Crippen molar-refractivity contribution in [2.24, 2.45) is 15.3 Å². The van der Waals surface area contributed by atoms with E-state index in [-0.39, 0.29) is 34.0 Å². The number of benzene rings is 5. The van der Waals surface area contributed by atoms with Crippen LogP contribution < -0.4 is 43.2 Å². The number of nitrogens with one attached hydrogen (secondary N) is 4. The van der Waals surface area contributed by atoms with E-state index >= 15 is 0 Å². The Labute approximate surface area is 338 Å². The summed E-state index contributed by atoms with van der Waals surface area (Å²) in [7, 11) is -9.99. The maximum Gasteiger partial charge on any atom is 0.296 e. The van der Waals surface area contributed by atoms with E-state index in [2.05, 4.69) is 36.9 Å². The van der Waals surface area contributed by atoms with Gasteiger partial charge in [-0.1, -0.05) is 0 Å². The number of carbonyl (C=O) groups excluding carboxylic acids is 1. The first-order valence-corrected chi connectivity index (χ1v) is 19.3. The topological polar surface area (TPSA) is 375 Å². The van der Waals surface area contributed by atoms with Crippen molar-refractivity contribution in [3.63, 3.8) is 0 Å². The van der Waals surface area contributed by atoms with Crippen molar-refractivity contribution in [3.8, 4) is 0 Å². The molecule has 27 heteroatoms. The SMILES string of the molecule is O=C1C=C(S(=O)(=O)O)c2cc([N+](=O)[O-])ccc2/C1=N\Nc1cc(=NNc2ccc(Nc3ccc([N+](=O)[O-])cc3S(=O)(=O)O)cc2)c(=O)c(=NNc2ccc([N+](=O)[O-])cc2)c1=O. The lowest BCUT2D eigenvalue weighted by molar-refractivity contribution is -0.385. The number of fused-ring (bicyclic) bond motifs is 1. The second kappa shape index (κ2) is 16.5. The zero-order chi connectivity index (χ0) is 44.4. The van der Waals surface area contributed by atoms with E-state index in [0.29, 0.717) is 12.1 Å². The lowest BCUT2D eigenvalue weighted by Gasteiger charge is -2.16. The van der Waals surface area contributed by atoms with Gasteiger partial charge in [0.25, 0.3) is 37.3 Å². The summed E-state index contributed by atoms with van der Waals surface area (Å²) in [5.74, 6) is -1.12. The van der Waals surface area contributed by atoms with Crippen LogP contribution in [0.3, 0.4) is 0 Å². The number of rotatable bonds is 13. The van der Waals surface area contributed by atoms with Gasteiger partial charge >= 0.3 is 0 Å². The van der Waals surface area contributed by atoms with Crippen molar-refractivity contribution < 1.29 is 45.5 Å². The number of hydrogen-bond donors (Lipinski definition) is 6. The standard InChI is InChI=1S/C34H22N10O15S2/c45-28-16-29(60(54,55)56)24-13-21(43(50)51)9-11-23(24)31(28)40-39-27-15-26(33(46)32(34(27)47)41-37-19-5-7-20(8-6-19)42(48)49)38-36-18-3-1-17(2-4-18)35-25-12-10-22(44(52)53)14-30(25)61(57,58)59/h1-16,35-37,39H,(H,54,55,56)(H,57,58,59)/b38-26?,40-31+,41-32?. The number of hydrazone groups is 1. The highest BCUT2D eigenvalue weighted by Crippen LogP contribution is 2.32. The van der Waals surface area contributed by atoms with Crippen LogP contribution in [-0.4, -0.2) is 52.2 Å². The summed E-state index contributed by atoms with van der Waals surface area (Å²) >= 11 is 0. The summed E-state index contributed by atoms with van der Waals surface area (Å²) < 4.78 is 67.3. The summed E-state index contributed by atoms with van der Waals surface area (Å²) in [5.41, 5.74) is 2.04. The van der Waals surface area contributed by atoms with Crippen LogP contribution in [0.25, 0.3) is 4.91 Å². The maximum absolute atomic E-state index is 13.6. The molecule has 0 amide bonds. The van der Waals surface area contributed by atoms with Crippen LogP contribution in [0.15, 0.2) is 127 Å². The summed E-state index contributed by atoms with van der Waals surface area (Å²) in [6, 6.07) is 16.6. The molecule has 310 valence electrons. The fourth-order valence-electron chi connectivity index (χ4n) is 5.41. The quantitative estimate of drug-likeness (QED) is 0.0562. The van der Waals surface area contributed by atoms with Gasteiger partial charge in [0, 0.05) is 59.3 Å². The van der Waals surface area contributed by atoms with Crippen LogP contribution in [-0.2, 0) is 25.0 Å². The molecule has 61 heavy (non-hydrogen) atoms. The Hall–Kier alpha value is -8.40. The Kier molecular flexibility index (Phi) is 11.4. The third kappa shape index (κ3) is 9.34. The molecule has 0 aliphatic heterocycles. The normalized spacial score (nSPS) is 13.9. The molecule has 0 saturated carbocycles. The summed E-state index contributed by atoms with van der Waals surface area (Å²) in [5, 5.41) is 46.8. The molecule has 0 fully saturated rings. The number of nitro benzene ring substituents is 3. The molecular formula is C34H22N10O15S2. The van der Waals surface area contributed by atoms with E-state index in [0.717, 1.165) is 48.5 Å². The molecule has 0 unspecified atom stereocenters. The molecule has 1 aliphatic rings. The molecule has 0 saturated heterocycles. The van der Waals surface area contributed by atoms with Gasteiger partial charge in [-0.2, -0.15) is 32.1 Å². The minimum absolute atomic E-state index is 0.102. The molecule has 0 atom stereocenters. The fraction of sp³-hybridized carbons (Fsp3) is 0. The Morgan fingerprint density at radius 3 is 1.67 bits per heavy atom. The number of nitro groups is 3. The number of non-ortho nitro benzene ring substituents is 3. The highest BCUT2D eigenvalue weighted by atomic mass is 32.2. The van der Waals surface area contributed by atoms with E-state index < -0.39 is 100 Å². The van der Waals surface area contributed by atoms with E-state index in [1.165, 1.54) is 36.4 Å². The van der Waals surface area contributed by atoms with Gasteiger partial charge in [-0.05, 0) is 54.6 Å². The number of carbonyl (C=O) groups is 1. The van der Waals surface area contributed by atoms with E-state index in [1.807, 2.05) is 0 Å². The van der Waals surface area contributed by atoms with Gasteiger partial charge in [0.2, 0.25) is 16.6 Å². The van der Waals surface area contributed by atoms with Crippen molar-refractivity contribution in [2.45, 2.75) is 4.90 Å². The molecule has 0 bridgehead atoms. The molecule has 0 aromatic heterocycles. The first kappa shape index (κ1) is 42.2. The predicted molar refractivity (Wildman–Crippen MR) is 213 cm³/mol. The number of allylic oxidation sites excluding steroid dienone is 1. The van der Waals surface area contributed by atoms with E-state index in [9.17, 15) is 70.7 Å². The van der Waals surface area contributed by atoms with E-state index in [1.54, 1.807) is 0 Å². The highest BCUT2D eigenvalue weighted by molar-refractivity contribution is 7.95. The van der Waals surface area contributed by atoms with Gasteiger partial charge in [0.15, 0.2) is 5.36 Å². The zero-order valence-corrected chi connectivity index (χ0v) is 31.6. The molecule has 5 aromatic carbocycles. The fourth-order valence-corrected chi connectivity index (χ4v) is 6.78. The van der Waals surface area contributed by atoms with E-state index in [4.69, 9.17) is 0 Å². The monoisotopic (exact) mass is 874 g/mol. The van der Waals surface area contributed by atoms with Crippen molar-refractivity contribution in [1.82, 2.24) is 0 Å². The minimum atomic E-state index is -5.09. The van der Waals surface area contributed by atoms with Crippen LogP contribution in [0.2, 0.25) is 0 Å². The molecule has 0 radical (unpaired) electrons. The van der Waals surface area contributed by atoms with Gasteiger partial charge in [0.1, 0.15) is 26.6 Å². The summed E-state index contributed by atoms with van der Waals surface area (Å²) in [4.78, 5) is 69.8. The number of nitrogens with zero attached hydrogens (tertiary/aromatic N) is 6. The largest absolute Gasteiger partial charge is 0.354 e. The maximum atomic E-state index is 13.6. The number of hydrogen-bond acceptors (Lipinski definition) is 20. The predicted octanol–water partition coefficient (Wildman–Crippen LogP) is 2.48. The second-order valence-electron chi connectivity index (χ2n) is 12.2. The Balaban J connectivity index is 1.38. The van der Waals surface area contributed by atoms with Crippen molar-refractivity contribution in [3.05, 3.63) is 170 Å². The van der Waals surface area contributed by atoms with Crippen LogP contribution in [0.1, 0.15) is 11.1 Å². The Morgan fingerprint density at radius 2 is 1.08 bits per heavy atom. The first-order chi connectivity index (χ1) is 28.7. The zero-order valence-electron chi connectivity index (χ0n) is 29.9. The molecule has 0 heterocycles. The van der Waals surface area contributed by atoms with Crippen LogP contribution >= 0.6 is 0 Å². The van der Waals surface area contributed by atoms with Gasteiger partial charge in [-0.3, -0.25) is 70.1 Å². The Morgan fingerprint density at radius 1 is 0.541 bits per heavy atom. The highest BCUT2D eigenvalue weighted by Gasteiger charge is 2.32. The number of anilines is 5. The molecule has 25 nitrogen and oxygen atoms in total. The minimum Gasteiger partial charge on any atom is -0.354 e. The van der Waals surface area contributed by atoms with Gasteiger partial charge < -0.3 is 5.32 Å². The van der Waals surface area contributed by atoms with Crippen LogP contribution in [0.5, 0.6) is 0 Å². The Bertz CT molecular complexity index is 3240. The van der Waals surface area contributed by atoms with Crippen molar-refractivity contribution in [1.29, 1.82) is 0 Å². The van der Waals surface area contributed by atoms with Gasteiger partial charge in [-0.15, -0.1) is 0 Å². The molecule has 6 N–H and O–H groups in total. The summed E-state index contributed by atoms with van der Waals surface area (Å²) in [6.07, 6.45) is 0.459. The van der Waals surface area contributed by atoms with Crippen molar-refractivity contribution in [2.75, 3.05) is 21.6 Å². The van der Waals surface area contributed by atoms with Gasteiger partial charge in [0.05, 0.1) is 31.8 Å². The first-order valence-electron chi connectivity index (χ1n) is 16.4. The average molecular weight is 875 g/mol. The lowest BCUT2D eigenvalue weighted by Crippen LogP contribution is -2.49. The van der Waals surface area contributed by atoms with Crippen molar-refractivity contribution >= 4 is 82.1 Å². The third-order valence-electron chi connectivity index (χ3n) is 8.28. The molecular weight excluding hydrogens is 853 g/mol. The second-order valence-corrected chi connectivity index (χ2v) is 15.0. The average Bonchev–Trinajstić information content (AvgIpc) is 3.20. The molecule has 6 rings (SSSR count). The summed E-state index contributed by atoms with van der Waals surface area (Å²) in [6.45, 7) is 0. The lowest BCUT2D eigenvalue weighted by atomic mass is 9.94. The smallest absolute Gasteiger partial charge is 0.296 e. The molecule has 1 aliphatic carbocycles. The van der Waals surface area contributed by atoms with Gasteiger partial charge in [-0.25, -0.2) is 0 Å². The van der Waals surface area contributed by atoms with Crippen LogP contribution in [0.4, 0.5) is 45.5 Å². The number of ketones is 1. The third-order valence-corrected chi connectivity index (χ3v) is 10.1. The molecule has 5 aromatic rings.